The Morgan fingerprint density at radius 3 is 2.20 bits per heavy atom. The molecule has 2 aromatic rings. The number of hydrogen-bond donors (Lipinski definition) is 1. The molecule has 25 heavy (non-hydrogen) atoms. The molecule has 132 valence electrons. The minimum absolute atomic E-state index is 0.0445. The zero-order valence-electron chi connectivity index (χ0n) is 15.2. The molecule has 2 aromatic carbocycles. The van der Waals surface area contributed by atoms with Crippen LogP contribution in [0.3, 0.4) is 0 Å². The van der Waals surface area contributed by atoms with Gasteiger partial charge in [-0.1, -0.05) is 61.4 Å². The van der Waals surface area contributed by atoms with Gasteiger partial charge in [-0.25, -0.2) is 0 Å². The van der Waals surface area contributed by atoms with Gasteiger partial charge in [0.2, 0.25) is 0 Å². The molecule has 3 atom stereocenters. The third kappa shape index (κ3) is 4.29. The van der Waals surface area contributed by atoms with Gasteiger partial charge in [0.15, 0.2) is 0 Å². The van der Waals surface area contributed by atoms with E-state index < -0.39 is 0 Å². The Morgan fingerprint density at radius 2 is 1.56 bits per heavy atom. The minimum Gasteiger partial charge on any atom is -0.349 e. The van der Waals surface area contributed by atoms with E-state index in [1.807, 2.05) is 30.3 Å². The smallest absolute Gasteiger partial charge is 0.251 e. The van der Waals surface area contributed by atoms with Crippen molar-refractivity contribution < 1.29 is 4.79 Å². The highest BCUT2D eigenvalue weighted by Crippen LogP contribution is 2.37. The van der Waals surface area contributed by atoms with Gasteiger partial charge in [0.05, 0.1) is 0 Å². The van der Waals surface area contributed by atoms with E-state index in [1.54, 1.807) is 0 Å². The molecule has 0 aromatic heterocycles. The molecule has 1 fully saturated rings. The van der Waals surface area contributed by atoms with Gasteiger partial charge in [0.25, 0.3) is 5.91 Å². The molecular weight excluding hydrogens is 308 g/mol. The fraction of sp³-hybridized carbons (Fsp3) is 0.409. The molecule has 1 aliphatic carbocycles. The molecule has 0 heterocycles. The topological polar surface area (TPSA) is 32.3 Å². The first-order valence-corrected chi connectivity index (χ1v) is 9.24. The molecule has 3 rings (SSSR count). The van der Waals surface area contributed by atoms with Crippen LogP contribution in [0.4, 0.5) is 0 Å². The summed E-state index contributed by atoms with van der Waals surface area (Å²) in [4.78, 5) is 15.0. The summed E-state index contributed by atoms with van der Waals surface area (Å²) in [5.74, 6) is 0.474. The van der Waals surface area contributed by atoms with Crippen LogP contribution in [-0.4, -0.2) is 30.9 Å². The van der Waals surface area contributed by atoms with E-state index in [0.717, 1.165) is 18.4 Å². The molecule has 3 heteroatoms. The Bertz CT molecular complexity index is 669. The molecule has 0 radical (unpaired) electrons. The summed E-state index contributed by atoms with van der Waals surface area (Å²) in [5, 5.41) is 3.32. The van der Waals surface area contributed by atoms with Crippen molar-refractivity contribution in [2.75, 3.05) is 14.1 Å². The molecule has 3 nitrogen and oxygen atoms in total. The highest BCUT2D eigenvalue weighted by Gasteiger charge is 2.34. The predicted octanol–water partition coefficient (Wildman–Crippen LogP) is 4.28. The SMILES string of the molecule is CN(C)C(c1ccccc1)[C@H]1CCCC[C@H]1NC(=O)c1ccccc1. The van der Waals surface area contributed by atoms with Crippen LogP contribution in [0.25, 0.3) is 0 Å². The van der Waals surface area contributed by atoms with Crippen molar-refractivity contribution in [1.82, 2.24) is 10.2 Å². The number of rotatable bonds is 5. The van der Waals surface area contributed by atoms with Gasteiger partial charge in [0.1, 0.15) is 0 Å². The first-order valence-electron chi connectivity index (χ1n) is 9.24. The quantitative estimate of drug-likeness (QED) is 0.884. The maximum atomic E-state index is 12.7. The summed E-state index contributed by atoms with van der Waals surface area (Å²) in [7, 11) is 4.28. The molecule has 0 aliphatic heterocycles. The van der Waals surface area contributed by atoms with E-state index in [4.69, 9.17) is 0 Å². The molecule has 1 unspecified atom stereocenters. The first kappa shape index (κ1) is 17.7. The van der Waals surface area contributed by atoms with Crippen LogP contribution in [0, 0.1) is 5.92 Å². The van der Waals surface area contributed by atoms with Gasteiger partial charge >= 0.3 is 0 Å². The fourth-order valence-electron chi connectivity index (χ4n) is 4.14. The molecule has 0 saturated heterocycles. The van der Waals surface area contributed by atoms with Crippen molar-refractivity contribution in [2.45, 2.75) is 37.8 Å². The van der Waals surface area contributed by atoms with Crippen LogP contribution in [0.5, 0.6) is 0 Å². The second-order valence-corrected chi connectivity index (χ2v) is 7.21. The number of carbonyl (C=O) groups is 1. The third-order valence-corrected chi connectivity index (χ3v) is 5.27. The van der Waals surface area contributed by atoms with Crippen molar-refractivity contribution in [3.8, 4) is 0 Å². The van der Waals surface area contributed by atoms with Gasteiger partial charge in [0, 0.05) is 17.6 Å². The maximum absolute atomic E-state index is 12.7. The van der Waals surface area contributed by atoms with Crippen LogP contribution >= 0.6 is 0 Å². The van der Waals surface area contributed by atoms with E-state index in [-0.39, 0.29) is 11.9 Å². The van der Waals surface area contributed by atoms with Gasteiger partial charge in [-0.2, -0.15) is 0 Å². The predicted molar refractivity (Wildman–Crippen MR) is 103 cm³/mol. The Morgan fingerprint density at radius 1 is 0.960 bits per heavy atom. The summed E-state index contributed by atoms with van der Waals surface area (Å²) in [5.41, 5.74) is 2.08. The Hall–Kier alpha value is -2.13. The second-order valence-electron chi connectivity index (χ2n) is 7.21. The van der Waals surface area contributed by atoms with Crippen molar-refractivity contribution in [2.24, 2.45) is 5.92 Å². The van der Waals surface area contributed by atoms with Crippen molar-refractivity contribution in [1.29, 1.82) is 0 Å². The summed E-state index contributed by atoms with van der Waals surface area (Å²) >= 11 is 0. The highest BCUT2D eigenvalue weighted by molar-refractivity contribution is 5.94. The lowest BCUT2D eigenvalue weighted by atomic mass is 9.77. The van der Waals surface area contributed by atoms with E-state index >= 15 is 0 Å². The number of nitrogens with zero attached hydrogens (tertiary/aromatic N) is 1. The summed E-state index contributed by atoms with van der Waals surface area (Å²) in [6.45, 7) is 0. The van der Waals surface area contributed by atoms with Gasteiger partial charge in [-0.3, -0.25) is 4.79 Å². The van der Waals surface area contributed by atoms with E-state index in [0.29, 0.717) is 12.0 Å². The van der Waals surface area contributed by atoms with E-state index in [2.05, 4.69) is 54.6 Å². The minimum atomic E-state index is 0.0445. The second kappa shape index (κ2) is 8.30. The Kier molecular flexibility index (Phi) is 5.87. The summed E-state index contributed by atoms with van der Waals surface area (Å²) < 4.78 is 0. The summed E-state index contributed by atoms with van der Waals surface area (Å²) in [6.07, 6.45) is 4.63. The fourth-order valence-corrected chi connectivity index (χ4v) is 4.14. The number of hydrogen-bond acceptors (Lipinski definition) is 2. The molecule has 1 N–H and O–H groups in total. The average molecular weight is 336 g/mol. The Labute approximate surface area is 151 Å². The van der Waals surface area contributed by atoms with Crippen LogP contribution < -0.4 is 5.32 Å². The lowest BCUT2D eigenvalue weighted by Crippen LogP contribution is -2.46. The number of nitrogens with one attached hydrogen (secondary N) is 1. The van der Waals surface area contributed by atoms with Crippen molar-refractivity contribution in [3.63, 3.8) is 0 Å². The highest BCUT2D eigenvalue weighted by atomic mass is 16.1. The van der Waals surface area contributed by atoms with Crippen molar-refractivity contribution in [3.05, 3.63) is 71.8 Å². The average Bonchev–Trinajstić information content (AvgIpc) is 2.64. The number of benzene rings is 2. The maximum Gasteiger partial charge on any atom is 0.251 e. The molecule has 0 bridgehead atoms. The lowest BCUT2D eigenvalue weighted by molar-refractivity contribution is 0.0845. The molecule has 1 amide bonds. The van der Waals surface area contributed by atoms with Crippen molar-refractivity contribution >= 4 is 5.91 Å². The van der Waals surface area contributed by atoms with Gasteiger partial charge < -0.3 is 10.2 Å². The molecule has 1 aliphatic rings. The van der Waals surface area contributed by atoms with E-state index in [1.165, 1.54) is 18.4 Å². The number of carbonyl (C=O) groups excluding carboxylic acids is 1. The van der Waals surface area contributed by atoms with Crippen LogP contribution in [-0.2, 0) is 0 Å². The van der Waals surface area contributed by atoms with Gasteiger partial charge in [-0.05, 0) is 50.6 Å². The van der Waals surface area contributed by atoms with Gasteiger partial charge in [-0.15, -0.1) is 0 Å². The van der Waals surface area contributed by atoms with E-state index in [9.17, 15) is 4.79 Å². The monoisotopic (exact) mass is 336 g/mol. The zero-order valence-corrected chi connectivity index (χ0v) is 15.2. The lowest BCUT2D eigenvalue weighted by Gasteiger charge is -2.40. The molecule has 1 saturated carbocycles. The first-order chi connectivity index (χ1) is 12.2. The third-order valence-electron chi connectivity index (χ3n) is 5.27. The van der Waals surface area contributed by atoms with Crippen LogP contribution in [0.2, 0.25) is 0 Å². The summed E-state index contributed by atoms with van der Waals surface area (Å²) in [6, 6.07) is 20.8. The zero-order chi connectivity index (χ0) is 17.6. The largest absolute Gasteiger partial charge is 0.349 e. The number of amides is 1. The Balaban J connectivity index is 1.81. The molecular formula is C22H28N2O. The van der Waals surface area contributed by atoms with Crippen LogP contribution in [0.1, 0.15) is 47.6 Å². The van der Waals surface area contributed by atoms with Crippen LogP contribution in [0.15, 0.2) is 60.7 Å². The normalized spacial score (nSPS) is 21.7. The molecule has 0 spiro atoms. The standard InChI is InChI=1S/C22H28N2O/c1-24(2)21(17-11-5-3-6-12-17)19-15-9-10-16-20(19)23-22(25)18-13-7-4-8-14-18/h3-8,11-14,19-21H,9-10,15-16H2,1-2H3,(H,23,25)/t19-,20+,21?/m0/s1.